The van der Waals surface area contributed by atoms with Gasteiger partial charge in [-0.1, -0.05) is 6.07 Å². The van der Waals surface area contributed by atoms with Gasteiger partial charge in [-0.3, -0.25) is 15.1 Å². The summed E-state index contributed by atoms with van der Waals surface area (Å²) in [6.45, 7) is 0. The van der Waals surface area contributed by atoms with Crippen molar-refractivity contribution in [2.75, 3.05) is 23.4 Å². The summed E-state index contributed by atoms with van der Waals surface area (Å²) in [5.74, 6) is -0.810. The first-order valence-electron chi connectivity index (χ1n) is 8.65. The van der Waals surface area contributed by atoms with Crippen LogP contribution < -0.4 is 19.6 Å². The van der Waals surface area contributed by atoms with E-state index in [1.165, 1.54) is 63.0 Å². The molecule has 3 aromatic rings. The second-order valence-corrected chi connectivity index (χ2v) is 8.24. The van der Waals surface area contributed by atoms with Crippen LogP contribution in [-0.2, 0) is 14.8 Å². The van der Waals surface area contributed by atoms with Gasteiger partial charge in [-0.15, -0.1) is 0 Å². The van der Waals surface area contributed by atoms with E-state index in [1.54, 1.807) is 0 Å². The number of carbonyl (C=O) groups is 1. The van der Waals surface area contributed by atoms with Crippen LogP contribution in [0.1, 0.15) is 10.4 Å². The molecule has 31 heavy (non-hydrogen) atoms. The number of aromatic nitrogens is 1. The molecule has 0 spiro atoms. The molecular weight excluding hydrogens is 446 g/mol. The summed E-state index contributed by atoms with van der Waals surface area (Å²) < 4.78 is 39.2. The number of nitrogens with zero attached hydrogens (tertiary/aromatic N) is 2. The Kier molecular flexibility index (Phi) is 6.18. The fourth-order valence-corrected chi connectivity index (χ4v) is 4.06. The number of sulfonamides is 1. The van der Waals surface area contributed by atoms with Crippen LogP contribution in [0.25, 0.3) is 10.8 Å². The summed E-state index contributed by atoms with van der Waals surface area (Å²) in [7, 11) is -1.46. The van der Waals surface area contributed by atoms with Crippen molar-refractivity contribution >= 4 is 55.9 Å². The minimum absolute atomic E-state index is 0.0616. The zero-order valence-electron chi connectivity index (χ0n) is 16.4. The van der Waals surface area contributed by atoms with Crippen LogP contribution in [0.3, 0.4) is 0 Å². The number of benzene rings is 2. The lowest BCUT2D eigenvalue weighted by Gasteiger charge is -2.16. The van der Waals surface area contributed by atoms with E-state index in [4.69, 9.17) is 27.7 Å². The van der Waals surface area contributed by atoms with Crippen LogP contribution in [0, 0.1) is 5.41 Å². The van der Waals surface area contributed by atoms with E-state index in [-0.39, 0.29) is 21.9 Å². The highest BCUT2D eigenvalue weighted by Gasteiger charge is 2.20. The van der Waals surface area contributed by atoms with E-state index in [9.17, 15) is 13.2 Å². The van der Waals surface area contributed by atoms with Crippen LogP contribution >= 0.6 is 11.8 Å². The van der Waals surface area contributed by atoms with Crippen molar-refractivity contribution in [2.45, 2.75) is 4.90 Å². The first-order valence-corrected chi connectivity index (χ1v) is 10.5. The maximum Gasteiger partial charge on any atom is 0.337 e. The molecule has 0 aliphatic heterocycles. The quantitative estimate of drug-likeness (QED) is 0.219. The number of hydrogen-bond acceptors (Lipinski definition) is 7. The molecule has 1 aromatic heterocycles. The Hall–Kier alpha value is -3.57. The third kappa shape index (κ3) is 4.47. The number of anilines is 2. The molecule has 0 radical (unpaired) electrons. The topological polar surface area (TPSA) is 148 Å². The fraction of sp³-hybridized carbons (Fsp3) is 0.105. The van der Waals surface area contributed by atoms with Gasteiger partial charge in [-0.2, -0.15) is 0 Å². The maximum atomic E-state index is 13.0. The van der Waals surface area contributed by atoms with Gasteiger partial charge in [0.1, 0.15) is 5.75 Å². The number of nitrogens with two attached hydrogens (primary N) is 1. The van der Waals surface area contributed by atoms with Gasteiger partial charge in [0.2, 0.25) is 5.96 Å². The molecule has 3 rings (SSSR count). The molecule has 0 fully saturated rings. The maximum absolute atomic E-state index is 13.0. The number of guanidine groups is 1. The van der Waals surface area contributed by atoms with E-state index in [0.717, 1.165) is 4.42 Å². The number of pyridine rings is 1. The average molecular weight is 464 g/mol. The molecule has 0 unspecified atom stereocenters. The SMILES string of the molecule is COC(=O)c1ccc(OC)c(NS(=O)(=O)c2ccc3c(N(Cl)C(=N)N)cncc3c2)c1. The van der Waals surface area contributed by atoms with E-state index in [1.807, 2.05) is 0 Å². The zero-order chi connectivity index (χ0) is 22.8. The Morgan fingerprint density at radius 3 is 2.58 bits per heavy atom. The minimum atomic E-state index is -4.06. The van der Waals surface area contributed by atoms with Gasteiger partial charge in [-0.05, 0) is 30.3 Å². The molecule has 1 heterocycles. The highest BCUT2D eigenvalue weighted by Crippen LogP contribution is 2.31. The van der Waals surface area contributed by atoms with Crippen molar-refractivity contribution in [3.63, 3.8) is 0 Å². The standard InChI is InChI=1S/C19H18ClN5O5S/c1-29-17-6-3-11(18(26)30-2)8-15(17)24-31(27,28)13-4-5-14-12(7-13)9-23-10-16(14)25(20)19(21)22/h3-10,24H,1-2H3,(H3,21,22). The van der Waals surface area contributed by atoms with Gasteiger partial charge in [0, 0.05) is 28.7 Å². The number of ether oxygens (including phenoxy) is 2. The Labute approximate surface area is 183 Å². The van der Waals surface area contributed by atoms with Crippen LogP contribution in [0.2, 0.25) is 0 Å². The summed E-state index contributed by atoms with van der Waals surface area (Å²) in [6.07, 6.45) is 2.87. The highest BCUT2D eigenvalue weighted by molar-refractivity contribution is 7.92. The molecule has 4 N–H and O–H groups in total. The number of fused-ring (bicyclic) bond motifs is 1. The molecule has 0 aliphatic carbocycles. The summed E-state index contributed by atoms with van der Waals surface area (Å²) in [4.78, 5) is 15.8. The van der Waals surface area contributed by atoms with Crippen molar-refractivity contribution in [1.82, 2.24) is 4.98 Å². The second-order valence-electron chi connectivity index (χ2n) is 6.22. The number of halogens is 1. The van der Waals surface area contributed by atoms with E-state index >= 15 is 0 Å². The fourth-order valence-electron chi connectivity index (χ4n) is 2.83. The summed E-state index contributed by atoms with van der Waals surface area (Å²) >= 11 is 6.00. The summed E-state index contributed by atoms with van der Waals surface area (Å²) in [6, 6.07) is 8.53. The average Bonchev–Trinajstić information content (AvgIpc) is 2.76. The Morgan fingerprint density at radius 2 is 1.94 bits per heavy atom. The van der Waals surface area contributed by atoms with Crippen molar-refractivity contribution in [2.24, 2.45) is 5.73 Å². The third-order valence-corrected chi connectivity index (χ3v) is 6.04. The first kappa shape index (κ1) is 22.1. The lowest BCUT2D eigenvalue weighted by molar-refractivity contribution is 0.0600. The predicted molar refractivity (Wildman–Crippen MR) is 117 cm³/mol. The molecule has 2 aromatic carbocycles. The zero-order valence-corrected chi connectivity index (χ0v) is 18.0. The Morgan fingerprint density at radius 1 is 1.19 bits per heavy atom. The van der Waals surface area contributed by atoms with Crippen LogP contribution in [0.5, 0.6) is 5.75 Å². The molecule has 10 nitrogen and oxygen atoms in total. The molecule has 0 saturated heterocycles. The van der Waals surface area contributed by atoms with Crippen molar-refractivity contribution in [1.29, 1.82) is 5.41 Å². The van der Waals surface area contributed by atoms with Gasteiger partial charge in [0.15, 0.2) is 0 Å². The van der Waals surface area contributed by atoms with Crippen LogP contribution in [0.15, 0.2) is 53.7 Å². The summed E-state index contributed by atoms with van der Waals surface area (Å²) in [5.41, 5.74) is 5.97. The molecule has 0 bridgehead atoms. The lowest BCUT2D eigenvalue weighted by atomic mass is 10.1. The van der Waals surface area contributed by atoms with Crippen molar-refractivity contribution < 1.29 is 22.7 Å². The Bertz CT molecular complexity index is 1280. The smallest absolute Gasteiger partial charge is 0.337 e. The number of esters is 1. The van der Waals surface area contributed by atoms with E-state index in [2.05, 4.69) is 14.4 Å². The molecule has 12 heteroatoms. The molecule has 162 valence electrons. The number of hydrogen-bond donors (Lipinski definition) is 3. The van der Waals surface area contributed by atoms with Gasteiger partial charge >= 0.3 is 5.97 Å². The monoisotopic (exact) mass is 463 g/mol. The van der Waals surface area contributed by atoms with Gasteiger partial charge in [-0.25, -0.2) is 17.6 Å². The largest absolute Gasteiger partial charge is 0.495 e. The molecule has 0 atom stereocenters. The number of rotatable bonds is 6. The predicted octanol–water partition coefficient (Wildman–Crippen LogP) is 2.68. The van der Waals surface area contributed by atoms with Gasteiger partial charge < -0.3 is 15.2 Å². The first-order chi connectivity index (χ1) is 14.7. The van der Waals surface area contributed by atoms with Gasteiger partial charge in [0.05, 0.1) is 42.3 Å². The second kappa shape index (κ2) is 8.66. The molecule has 0 amide bonds. The number of nitrogens with one attached hydrogen (secondary N) is 2. The van der Waals surface area contributed by atoms with E-state index < -0.39 is 22.0 Å². The normalized spacial score (nSPS) is 11.1. The molecule has 0 aliphatic rings. The van der Waals surface area contributed by atoms with Crippen LogP contribution in [0.4, 0.5) is 11.4 Å². The highest BCUT2D eigenvalue weighted by atomic mass is 35.5. The number of methoxy groups -OCH3 is 2. The molecule has 0 saturated carbocycles. The van der Waals surface area contributed by atoms with Crippen LogP contribution in [-0.4, -0.2) is 39.6 Å². The third-order valence-electron chi connectivity index (χ3n) is 4.31. The van der Waals surface area contributed by atoms with Crippen molar-refractivity contribution in [3.05, 3.63) is 54.4 Å². The van der Waals surface area contributed by atoms with E-state index in [0.29, 0.717) is 16.5 Å². The lowest BCUT2D eigenvalue weighted by Crippen LogP contribution is -2.28. The Balaban J connectivity index is 2.03. The van der Waals surface area contributed by atoms with Gasteiger partial charge in [0.25, 0.3) is 10.0 Å². The number of carbonyl (C=O) groups excluding carboxylic acids is 1. The molecular formula is C19H18ClN5O5S. The minimum Gasteiger partial charge on any atom is -0.495 e. The van der Waals surface area contributed by atoms with Crippen molar-refractivity contribution in [3.8, 4) is 5.75 Å². The summed E-state index contributed by atoms with van der Waals surface area (Å²) in [5, 5.41) is 8.48.